The summed E-state index contributed by atoms with van der Waals surface area (Å²) in [6.07, 6.45) is -4.60. The summed E-state index contributed by atoms with van der Waals surface area (Å²) in [6.45, 7) is 0. The van der Waals surface area contributed by atoms with Gasteiger partial charge >= 0.3 is 6.18 Å². The van der Waals surface area contributed by atoms with E-state index < -0.39 is 23.1 Å². The van der Waals surface area contributed by atoms with Crippen LogP contribution in [0.25, 0.3) is 11.1 Å². The van der Waals surface area contributed by atoms with E-state index in [1.807, 2.05) is 0 Å². The molecule has 0 heterocycles. The molecule has 1 nitrogen and oxygen atoms in total. The van der Waals surface area contributed by atoms with E-state index in [4.69, 9.17) is 4.74 Å². The van der Waals surface area contributed by atoms with Crippen molar-refractivity contribution in [1.82, 2.24) is 0 Å². The number of hydrogen-bond donors (Lipinski definition) is 0. The molecule has 0 aliphatic carbocycles. The first-order valence-corrected chi connectivity index (χ1v) is 5.43. The van der Waals surface area contributed by atoms with E-state index in [-0.39, 0.29) is 5.56 Å². The number of alkyl halides is 3. The summed E-state index contributed by atoms with van der Waals surface area (Å²) < 4.78 is 57.2. The van der Waals surface area contributed by atoms with Gasteiger partial charge in [-0.1, -0.05) is 18.2 Å². The minimum atomic E-state index is -4.60. The summed E-state index contributed by atoms with van der Waals surface area (Å²) >= 11 is 0. The second-order valence-corrected chi connectivity index (χ2v) is 3.89. The van der Waals surface area contributed by atoms with Crippen LogP contribution >= 0.6 is 0 Å². The van der Waals surface area contributed by atoms with E-state index in [9.17, 15) is 17.6 Å². The predicted octanol–water partition coefficient (Wildman–Crippen LogP) is 4.52. The van der Waals surface area contributed by atoms with Crippen LogP contribution in [-0.4, -0.2) is 7.11 Å². The van der Waals surface area contributed by atoms with Gasteiger partial charge in [-0.3, -0.25) is 0 Å². The molecule has 0 aliphatic heterocycles. The lowest BCUT2D eigenvalue weighted by Gasteiger charge is -2.14. The Hall–Kier alpha value is -2.04. The molecular formula is C14H10F4O. The highest BCUT2D eigenvalue weighted by atomic mass is 19.4. The number of benzene rings is 2. The van der Waals surface area contributed by atoms with E-state index in [0.717, 1.165) is 18.2 Å². The van der Waals surface area contributed by atoms with Gasteiger partial charge in [-0.15, -0.1) is 0 Å². The highest BCUT2D eigenvalue weighted by Crippen LogP contribution is 2.38. The lowest BCUT2D eigenvalue weighted by atomic mass is 9.98. The van der Waals surface area contributed by atoms with Crippen LogP contribution in [-0.2, 0) is 6.18 Å². The molecule has 0 unspecified atom stereocenters. The van der Waals surface area contributed by atoms with Gasteiger partial charge in [-0.25, -0.2) is 4.39 Å². The first-order chi connectivity index (χ1) is 8.93. The Bertz CT molecular complexity index is 573. The molecule has 0 amide bonds. The molecule has 0 N–H and O–H groups in total. The molecule has 0 fully saturated rings. The Balaban J connectivity index is 2.60. The molecule has 0 spiro atoms. The average molecular weight is 270 g/mol. The minimum Gasteiger partial charge on any atom is -0.497 e. The fraction of sp³-hybridized carbons (Fsp3) is 0.143. The van der Waals surface area contributed by atoms with Gasteiger partial charge in [0, 0.05) is 5.56 Å². The van der Waals surface area contributed by atoms with E-state index in [0.29, 0.717) is 5.75 Å². The Labute approximate surface area is 107 Å². The second-order valence-electron chi connectivity index (χ2n) is 3.89. The third kappa shape index (κ3) is 2.70. The summed E-state index contributed by atoms with van der Waals surface area (Å²) in [4.78, 5) is 0. The molecule has 2 aromatic carbocycles. The van der Waals surface area contributed by atoms with Crippen molar-refractivity contribution in [3.8, 4) is 16.9 Å². The maximum atomic E-state index is 13.7. The van der Waals surface area contributed by atoms with Crippen LogP contribution in [0.2, 0.25) is 0 Å². The fourth-order valence-corrected chi connectivity index (χ4v) is 1.81. The second kappa shape index (κ2) is 4.91. The normalized spacial score (nSPS) is 11.4. The lowest BCUT2D eigenvalue weighted by molar-refractivity contribution is -0.137. The van der Waals surface area contributed by atoms with Crippen LogP contribution in [0.1, 0.15) is 5.56 Å². The highest BCUT2D eigenvalue weighted by molar-refractivity contribution is 5.69. The van der Waals surface area contributed by atoms with Crippen LogP contribution in [0.5, 0.6) is 5.75 Å². The van der Waals surface area contributed by atoms with Crippen LogP contribution in [0.3, 0.4) is 0 Å². The molecular weight excluding hydrogens is 260 g/mol. The van der Waals surface area contributed by atoms with E-state index >= 15 is 0 Å². The van der Waals surface area contributed by atoms with E-state index in [1.54, 1.807) is 0 Å². The van der Waals surface area contributed by atoms with Gasteiger partial charge in [0.05, 0.1) is 12.7 Å². The molecule has 0 bridgehead atoms. The van der Waals surface area contributed by atoms with Crippen molar-refractivity contribution >= 4 is 0 Å². The van der Waals surface area contributed by atoms with Crippen LogP contribution < -0.4 is 4.74 Å². The van der Waals surface area contributed by atoms with Crippen LogP contribution in [0.15, 0.2) is 42.5 Å². The SMILES string of the molecule is COc1ccc(-c2c(F)cccc2C(F)(F)F)cc1. The zero-order chi connectivity index (χ0) is 14.0. The molecule has 0 atom stereocenters. The van der Waals surface area contributed by atoms with Crippen molar-refractivity contribution in [2.75, 3.05) is 7.11 Å². The molecule has 19 heavy (non-hydrogen) atoms. The highest BCUT2D eigenvalue weighted by Gasteiger charge is 2.34. The van der Waals surface area contributed by atoms with E-state index in [2.05, 4.69) is 0 Å². The molecule has 2 aromatic rings. The van der Waals surface area contributed by atoms with Crippen molar-refractivity contribution in [3.63, 3.8) is 0 Å². The Kier molecular flexibility index (Phi) is 3.46. The molecule has 100 valence electrons. The Morgan fingerprint density at radius 3 is 2.11 bits per heavy atom. The summed E-state index contributed by atoms with van der Waals surface area (Å²) in [7, 11) is 1.44. The van der Waals surface area contributed by atoms with Crippen molar-refractivity contribution in [2.24, 2.45) is 0 Å². The first-order valence-electron chi connectivity index (χ1n) is 5.43. The fourth-order valence-electron chi connectivity index (χ4n) is 1.81. The van der Waals surface area contributed by atoms with Crippen molar-refractivity contribution in [3.05, 3.63) is 53.8 Å². The number of rotatable bonds is 2. The molecule has 0 aromatic heterocycles. The predicted molar refractivity (Wildman–Crippen MR) is 63.4 cm³/mol. The maximum absolute atomic E-state index is 13.7. The van der Waals surface area contributed by atoms with Crippen molar-refractivity contribution < 1.29 is 22.3 Å². The number of hydrogen-bond acceptors (Lipinski definition) is 1. The molecule has 0 saturated carbocycles. The molecule has 0 saturated heterocycles. The van der Waals surface area contributed by atoms with Gasteiger partial charge in [-0.05, 0) is 29.8 Å². The van der Waals surface area contributed by atoms with Gasteiger partial charge in [-0.2, -0.15) is 13.2 Å². The number of methoxy groups -OCH3 is 1. The lowest BCUT2D eigenvalue weighted by Crippen LogP contribution is -2.08. The van der Waals surface area contributed by atoms with Crippen LogP contribution in [0.4, 0.5) is 17.6 Å². The summed E-state index contributed by atoms with van der Waals surface area (Å²) in [5.41, 5.74) is -1.28. The zero-order valence-electron chi connectivity index (χ0n) is 9.96. The van der Waals surface area contributed by atoms with Crippen molar-refractivity contribution in [2.45, 2.75) is 6.18 Å². The van der Waals surface area contributed by atoms with E-state index in [1.165, 1.54) is 31.4 Å². The number of ether oxygens (including phenoxy) is 1. The minimum absolute atomic E-state index is 0.159. The standard InChI is InChI=1S/C14H10F4O/c1-19-10-7-5-9(6-8-10)13-11(14(16,17)18)3-2-4-12(13)15/h2-8H,1H3. The molecule has 0 aliphatic rings. The first kappa shape index (κ1) is 13.4. The van der Waals surface area contributed by atoms with Crippen LogP contribution in [0, 0.1) is 5.82 Å². The quantitative estimate of drug-likeness (QED) is 0.729. The molecule has 0 radical (unpaired) electrons. The third-order valence-corrected chi connectivity index (χ3v) is 2.70. The summed E-state index contributed by atoms with van der Waals surface area (Å²) in [5, 5.41) is 0. The smallest absolute Gasteiger partial charge is 0.417 e. The topological polar surface area (TPSA) is 9.23 Å². The van der Waals surface area contributed by atoms with Gasteiger partial charge in [0.15, 0.2) is 0 Å². The molecule has 2 rings (SSSR count). The number of halogens is 4. The molecule has 5 heteroatoms. The summed E-state index contributed by atoms with van der Waals surface area (Å²) in [5.74, 6) is -0.409. The summed E-state index contributed by atoms with van der Waals surface area (Å²) in [6, 6.07) is 8.69. The third-order valence-electron chi connectivity index (χ3n) is 2.70. The zero-order valence-corrected chi connectivity index (χ0v) is 9.96. The van der Waals surface area contributed by atoms with Gasteiger partial charge < -0.3 is 4.74 Å². The Morgan fingerprint density at radius 1 is 0.947 bits per heavy atom. The van der Waals surface area contributed by atoms with Crippen molar-refractivity contribution in [1.29, 1.82) is 0 Å². The van der Waals surface area contributed by atoms with Gasteiger partial charge in [0.1, 0.15) is 11.6 Å². The Morgan fingerprint density at radius 2 is 1.58 bits per heavy atom. The van der Waals surface area contributed by atoms with Gasteiger partial charge in [0.25, 0.3) is 0 Å². The monoisotopic (exact) mass is 270 g/mol. The maximum Gasteiger partial charge on any atom is 0.417 e. The average Bonchev–Trinajstić information content (AvgIpc) is 2.37. The van der Waals surface area contributed by atoms with Gasteiger partial charge in [0.2, 0.25) is 0 Å². The largest absolute Gasteiger partial charge is 0.497 e.